The van der Waals surface area contributed by atoms with Crippen LogP contribution in [0.4, 0.5) is 5.69 Å². The van der Waals surface area contributed by atoms with Gasteiger partial charge in [0, 0.05) is 30.2 Å². The van der Waals surface area contributed by atoms with Crippen LogP contribution in [0.15, 0.2) is 126 Å². The van der Waals surface area contributed by atoms with E-state index < -0.39 is 12.0 Å². The summed E-state index contributed by atoms with van der Waals surface area (Å²) in [5.41, 5.74) is 6.78. The van der Waals surface area contributed by atoms with Crippen molar-refractivity contribution in [3.8, 4) is 11.1 Å². The summed E-state index contributed by atoms with van der Waals surface area (Å²) >= 11 is 8.08. The number of carbonyl (C=O) groups excluding carboxylic acids is 1. The normalized spacial score (nSPS) is 13.5. The minimum atomic E-state index is -1.01. The van der Waals surface area contributed by atoms with Gasteiger partial charge in [0.15, 0.2) is 0 Å². The Balaban J connectivity index is 0.00000448. The number of halogens is 1. The van der Waals surface area contributed by atoms with Crippen LogP contribution in [0.1, 0.15) is 28.7 Å². The predicted octanol–water partition coefficient (Wildman–Crippen LogP) is 9.90. The van der Waals surface area contributed by atoms with Gasteiger partial charge in [-0.3, -0.25) is 9.89 Å². The van der Waals surface area contributed by atoms with Crippen molar-refractivity contribution in [2.24, 2.45) is 4.99 Å². The Morgan fingerprint density at radius 1 is 0.824 bits per heavy atom. The van der Waals surface area contributed by atoms with Gasteiger partial charge in [-0.05, 0) is 79.9 Å². The number of carboxylic acid groups (broad SMARTS) is 1. The number of benzene rings is 6. The molecule has 1 heterocycles. The molecule has 6 nitrogen and oxygen atoms in total. The third kappa shape index (κ3) is 7.90. The number of nitrogens with zero attached hydrogens (tertiary/aromatic N) is 3. The number of fused-ring (bicyclic) bond motifs is 7. The molecule has 0 saturated carbocycles. The Bertz CT molecular complexity index is 2180. The second-order valence-electron chi connectivity index (χ2n) is 12.4. The van der Waals surface area contributed by atoms with E-state index in [-0.39, 0.29) is 28.9 Å². The summed E-state index contributed by atoms with van der Waals surface area (Å²) in [6, 6.07) is 39.1. The summed E-state index contributed by atoms with van der Waals surface area (Å²) in [5.74, 6) is -0.683. The average Bonchev–Trinajstić information content (AvgIpc) is 3.29. The maximum Gasteiger partial charge on any atom is 2.00 e. The van der Waals surface area contributed by atoms with Crippen molar-refractivity contribution in [3.63, 3.8) is 0 Å². The molecule has 6 aromatic rings. The van der Waals surface area contributed by atoms with Gasteiger partial charge < -0.3 is 15.2 Å². The summed E-state index contributed by atoms with van der Waals surface area (Å²) in [6.07, 6.45) is 2.30. The smallest absolute Gasteiger partial charge is 0.625 e. The first-order valence-corrected chi connectivity index (χ1v) is 18.3. The van der Waals surface area contributed by atoms with Gasteiger partial charge >= 0.3 is 22.5 Å². The van der Waals surface area contributed by atoms with Gasteiger partial charge in [-0.25, -0.2) is 4.79 Å². The van der Waals surface area contributed by atoms with Crippen molar-refractivity contribution in [2.75, 3.05) is 18.6 Å². The molecule has 1 aliphatic rings. The maximum absolute atomic E-state index is 13.9. The molecule has 258 valence electrons. The molecule has 0 saturated heterocycles. The number of aliphatic carboxylic acids is 1. The van der Waals surface area contributed by atoms with Crippen LogP contribution in [-0.4, -0.2) is 52.2 Å². The fourth-order valence-electron chi connectivity index (χ4n) is 6.82. The van der Waals surface area contributed by atoms with Crippen LogP contribution in [0.3, 0.4) is 0 Å². The molecule has 0 spiro atoms. The van der Waals surface area contributed by atoms with E-state index in [1.54, 1.807) is 30.0 Å². The van der Waals surface area contributed by atoms with E-state index in [4.69, 9.17) is 16.6 Å². The number of carboxylic acids is 1. The first kappa shape index (κ1) is 36.3. The molecule has 0 aromatic heterocycles. The SMILES string of the molecule is CSCC[C@H](N=C(c1ccccc1)c1cc(Cl)ccc1[N-]C(=O)CN1Cc2ccc3ccccc3c2-c2c(ccc3ccccc23)C1)C(=O)O.[Ni+2]. The maximum atomic E-state index is 13.9. The molecule has 1 aliphatic heterocycles. The molecular weight excluding hydrogens is 721 g/mol. The molecule has 0 unspecified atom stereocenters. The van der Waals surface area contributed by atoms with E-state index in [2.05, 4.69) is 83.0 Å². The number of carbonyl (C=O) groups is 2. The molecule has 7 rings (SSSR count). The fraction of sp³-hybridized carbons (Fsp3) is 0.167. The number of hydrogen-bond acceptors (Lipinski definition) is 5. The third-order valence-electron chi connectivity index (χ3n) is 9.10. The Morgan fingerprint density at radius 3 is 2.00 bits per heavy atom. The number of hydrogen-bond donors (Lipinski definition) is 1. The average molecular weight is 756 g/mol. The number of aliphatic imine (C=N–C) groups is 1. The van der Waals surface area contributed by atoms with Gasteiger partial charge in [-0.2, -0.15) is 11.8 Å². The van der Waals surface area contributed by atoms with Gasteiger partial charge in [0.2, 0.25) is 0 Å². The topological polar surface area (TPSA) is 84.1 Å². The summed E-state index contributed by atoms with van der Waals surface area (Å²) in [6.45, 7) is 1.23. The van der Waals surface area contributed by atoms with Gasteiger partial charge in [0.05, 0.1) is 11.6 Å². The van der Waals surface area contributed by atoms with Crippen molar-refractivity contribution in [2.45, 2.75) is 25.6 Å². The third-order valence-corrected chi connectivity index (χ3v) is 9.98. The molecule has 0 bridgehead atoms. The Morgan fingerprint density at radius 2 is 1.41 bits per heavy atom. The second-order valence-corrected chi connectivity index (χ2v) is 13.9. The minimum absolute atomic E-state index is 0. The van der Waals surface area contributed by atoms with Crippen LogP contribution in [0.5, 0.6) is 0 Å². The van der Waals surface area contributed by atoms with Crippen molar-refractivity contribution >= 4 is 68.2 Å². The molecule has 0 fully saturated rings. The summed E-state index contributed by atoms with van der Waals surface area (Å²) < 4.78 is 0. The van der Waals surface area contributed by atoms with Gasteiger partial charge in [-0.1, -0.05) is 121 Å². The first-order valence-electron chi connectivity index (χ1n) is 16.5. The predicted molar refractivity (Wildman–Crippen MR) is 207 cm³/mol. The molecular formula is C42H35ClN3NiO3S+. The van der Waals surface area contributed by atoms with Gasteiger partial charge in [-0.15, -0.1) is 5.69 Å². The number of thioether (sulfide) groups is 1. The Kier molecular flexibility index (Phi) is 11.6. The van der Waals surface area contributed by atoms with E-state index in [0.29, 0.717) is 52.8 Å². The number of rotatable bonds is 10. The van der Waals surface area contributed by atoms with Gasteiger partial charge in [0.25, 0.3) is 0 Å². The van der Waals surface area contributed by atoms with E-state index in [1.807, 2.05) is 36.6 Å². The first-order chi connectivity index (χ1) is 24.4. The minimum Gasteiger partial charge on any atom is -0.625 e. The quantitative estimate of drug-likeness (QED) is 0.111. The van der Waals surface area contributed by atoms with Crippen molar-refractivity contribution in [1.82, 2.24) is 4.90 Å². The molecule has 1 N–H and O–H groups in total. The zero-order chi connectivity index (χ0) is 34.6. The summed E-state index contributed by atoms with van der Waals surface area (Å²) in [5, 5.41) is 19.8. The number of amides is 1. The largest absolute Gasteiger partial charge is 2.00 e. The molecule has 1 atom stereocenters. The zero-order valence-electron chi connectivity index (χ0n) is 27.9. The Labute approximate surface area is 316 Å². The summed E-state index contributed by atoms with van der Waals surface area (Å²) in [7, 11) is 0. The van der Waals surface area contributed by atoms with E-state index in [1.165, 1.54) is 32.7 Å². The molecule has 6 aromatic carbocycles. The molecule has 0 radical (unpaired) electrons. The monoisotopic (exact) mass is 754 g/mol. The fourth-order valence-corrected chi connectivity index (χ4v) is 7.45. The van der Waals surface area contributed by atoms with Crippen LogP contribution in [0, 0.1) is 0 Å². The molecule has 9 heteroatoms. The van der Waals surface area contributed by atoms with Crippen LogP contribution in [0.25, 0.3) is 38.0 Å². The van der Waals surface area contributed by atoms with E-state index >= 15 is 0 Å². The standard InChI is InChI=1S/C42H36ClN3O3S.Ni/c1-50-22-21-37(42(48)49)45-41(29-11-3-2-4-12-29)35-23-32(43)19-20-36(35)44-38(47)26-46-24-30-17-15-27-9-5-7-13-33(27)39(30)40-31(25-46)18-16-28-10-6-8-14-34(28)40;/h2-20,23,37H,21-22,24-26H2,1H3,(H2,44,45,47,48,49);/q;+2/p-1/t37-;/m0./s1. The van der Waals surface area contributed by atoms with Gasteiger partial charge in [0.1, 0.15) is 6.04 Å². The molecule has 1 amide bonds. The van der Waals surface area contributed by atoms with Crippen molar-refractivity contribution < 1.29 is 31.2 Å². The van der Waals surface area contributed by atoms with Crippen LogP contribution in [0.2, 0.25) is 5.02 Å². The van der Waals surface area contributed by atoms with E-state index in [0.717, 1.165) is 11.1 Å². The van der Waals surface area contributed by atoms with Crippen LogP contribution >= 0.6 is 23.4 Å². The zero-order valence-corrected chi connectivity index (χ0v) is 30.4. The molecule has 51 heavy (non-hydrogen) atoms. The van der Waals surface area contributed by atoms with Crippen molar-refractivity contribution in [1.29, 1.82) is 0 Å². The second kappa shape index (κ2) is 16.3. The van der Waals surface area contributed by atoms with Crippen LogP contribution in [-0.2, 0) is 39.2 Å². The molecule has 0 aliphatic carbocycles. The van der Waals surface area contributed by atoms with Crippen LogP contribution < -0.4 is 0 Å². The summed E-state index contributed by atoms with van der Waals surface area (Å²) in [4.78, 5) is 33.1. The van der Waals surface area contributed by atoms with Crippen molar-refractivity contribution in [3.05, 3.63) is 154 Å². The van der Waals surface area contributed by atoms with E-state index in [9.17, 15) is 14.7 Å². The Hall–Kier alpha value is -4.46.